The minimum atomic E-state index is 1.04. The molecule has 70 valence electrons. The Morgan fingerprint density at radius 3 is 2.71 bits per heavy atom. The van der Waals surface area contributed by atoms with Crippen LogP contribution in [0.15, 0.2) is 46.0 Å². The Morgan fingerprint density at radius 2 is 1.93 bits per heavy atom. The Balaban J connectivity index is 1.89. The van der Waals surface area contributed by atoms with Gasteiger partial charge in [-0.3, -0.25) is 0 Å². The summed E-state index contributed by atoms with van der Waals surface area (Å²) in [6.07, 6.45) is 0. The number of thiophene rings is 1. The molecule has 2 heterocycles. The standard InChI is InChI=1S/C11H9NS2/c1-2-4-10(5-3-1)12-8-9-6-7-13-11(9)14-12/h1-7H,8H2. The smallest absolute Gasteiger partial charge is 0.0860 e. The molecule has 1 nitrogen and oxygen atoms in total. The maximum Gasteiger partial charge on any atom is 0.0860 e. The predicted octanol–water partition coefficient (Wildman–Crippen LogP) is 3.78. The zero-order valence-electron chi connectivity index (χ0n) is 7.51. The fourth-order valence-corrected chi connectivity index (χ4v) is 3.67. The summed E-state index contributed by atoms with van der Waals surface area (Å²) in [5.74, 6) is 0. The normalized spacial score (nSPS) is 14.4. The second-order valence-electron chi connectivity index (χ2n) is 3.20. The molecule has 0 fully saturated rings. The van der Waals surface area contributed by atoms with Crippen molar-refractivity contribution in [1.82, 2.24) is 0 Å². The van der Waals surface area contributed by atoms with Gasteiger partial charge in [0.05, 0.1) is 10.8 Å². The molecule has 14 heavy (non-hydrogen) atoms. The van der Waals surface area contributed by atoms with E-state index < -0.39 is 0 Å². The van der Waals surface area contributed by atoms with Gasteiger partial charge in [0.2, 0.25) is 0 Å². The van der Waals surface area contributed by atoms with Crippen LogP contribution >= 0.6 is 23.3 Å². The van der Waals surface area contributed by atoms with E-state index in [-0.39, 0.29) is 0 Å². The van der Waals surface area contributed by atoms with Crippen molar-refractivity contribution < 1.29 is 0 Å². The van der Waals surface area contributed by atoms with Gasteiger partial charge in [-0.2, -0.15) is 0 Å². The molecule has 0 atom stereocenters. The van der Waals surface area contributed by atoms with Gasteiger partial charge in [-0.05, 0) is 41.1 Å². The maximum absolute atomic E-state index is 2.33. The van der Waals surface area contributed by atoms with E-state index >= 15 is 0 Å². The van der Waals surface area contributed by atoms with Gasteiger partial charge < -0.3 is 4.31 Å². The molecule has 2 aromatic rings. The molecule has 1 aliphatic rings. The van der Waals surface area contributed by atoms with Gasteiger partial charge in [-0.25, -0.2) is 0 Å². The molecule has 0 radical (unpaired) electrons. The molecular weight excluding hydrogens is 210 g/mol. The maximum atomic E-state index is 2.33. The largest absolute Gasteiger partial charge is 0.307 e. The number of nitrogens with zero attached hydrogens (tertiary/aromatic N) is 1. The third kappa shape index (κ3) is 1.33. The van der Waals surface area contributed by atoms with E-state index in [1.165, 1.54) is 15.5 Å². The Labute approximate surface area is 91.5 Å². The summed E-state index contributed by atoms with van der Waals surface area (Å²) < 4.78 is 3.77. The highest BCUT2D eigenvalue weighted by molar-refractivity contribution is 8.02. The van der Waals surface area contributed by atoms with Gasteiger partial charge in [0, 0.05) is 5.69 Å². The van der Waals surface area contributed by atoms with Crippen LogP contribution in [-0.2, 0) is 6.54 Å². The van der Waals surface area contributed by atoms with Crippen LogP contribution < -0.4 is 4.31 Å². The molecule has 0 spiro atoms. The SMILES string of the molecule is c1ccc(N2Cc3ccsc3S2)cc1. The van der Waals surface area contributed by atoms with Crippen LogP contribution in [0.2, 0.25) is 0 Å². The lowest BCUT2D eigenvalue weighted by Gasteiger charge is -2.15. The second kappa shape index (κ2) is 3.33. The van der Waals surface area contributed by atoms with Crippen LogP contribution in [0.5, 0.6) is 0 Å². The minimum Gasteiger partial charge on any atom is -0.307 e. The summed E-state index contributed by atoms with van der Waals surface area (Å²) in [4.78, 5) is 0. The van der Waals surface area contributed by atoms with Crippen LogP contribution in [0.25, 0.3) is 0 Å². The van der Waals surface area contributed by atoms with Crippen molar-refractivity contribution in [3.8, 4) is 0 Å². The molecule has 0 N–H and O–H groups in total. The molecule has 0 unspecified atom stereocenters. The zero-order valence-corrected chi connectivity index (χ0v) is 9.15. The molecule has 0 bridgehead atoms. The number of para-hydroxylation sites is 1. The fraction of sp³-hybridized carbons (Fsp3) is 0.0909. The summed E-state index contributed by atoms with van der Waals surface area (Å²) in [6.45, 7) is 1.04. The molecule has 0 aliphatic carbocycles. The lowest BCUT2D eigenvalue weighted by molar-refractivity contribution is 1.08. The molecule has 0 amide bonds. The minimum absolute atomic E-state index is 1.04. The molecule has 0 saturated carbocycles. The number of anilines is 1. The average molecular weight is 219 g/mol. The topological polar surface area (TPSA) is 3.24 Å². The van der Waals surface area contributed by atoms with Crippen LogP contribution in [0.4, 0.5) is 5.69 Å². The highest BCUT2D eigenvalue weighted by Gasteiger charge is 2.21. The summed E-state index contributed by atoms with van der Waals surface area (Å²) in [6, 6.07) is 12.8. The quantitative estimate of drug-likeness (QED) is 0.672. The first kappa shape index (κ1) is 8.38. The third-order valence-corrected chi connectivity index (χ3v) is 4.51. The second-order valence-corrected chi connectivity index (χ2v) is 5.40. The Hall–Kier alpha value is -0.930. The van der Waals surface area contributed by atoms with Crippen molar-refractivity contribution >= 4 is 29.0 Å². The fourth-order valence-electron chi connectivity index (χ4n) is 1.54. The van der Waals surface area contributed by atoms with Gasteiger partial charge in [-0.15, -0.1) is 11.3 Å². The van der Waals surface area contributed by atoms with Crippen molar-refractivity contribution in [2.75, 3.05) is 4.31 Å². The van der Waals surface area contributed by atoms with Gasteiger partial charge in [0.25, 0.3) is 0 Å². The molecule has 3 heteroatoms. The van der Waals surface area contributed by atoms with E-state index in [9.17, 15) is 0 Å². The van der Waals surface area contributed by atoms with Gasteiger partial charge in [0.15, 0.2) is 0 Å². The van der Waals surface area contributed by atoms with Crippen molar-refractivity contribution in [3.05, 3.63) is 47.3 Å². The van der Waals surface area contributed by atoms with E-state index in [1.54, 1.807) is 0 Å². The number of hydrogen-bond donors (Lipinski definition) is 0. The first-order valence-corrected chi connectivity index (χ1v) is 6.16. The number of benzene rings is 1. The summed E-state index contributed by atoms with van der Waals surface area (Å²) in [5.41, 5.74) is 2.75. The molecule has 1 aromatic heterocycles. The Kier molecular flexibility index (Phi) is 2.00. The van der Waals surface area contributed by atoms with Crippen LogP contribution in [-0.4, -0.2) is 0 Å². The molecule has 1 aromatic carbocycles. The monoisotopic (exact) mass is 219 g/mol. The highest BCUT2D eigenvalue weighted by Crippen LogP contribution is 2.42. The highest BCUT2D eigenvalue weighted by atomic mass is 32.2. The van der Waals surface area contributed by atoms with Crippen LogP contribution in [0.3, 0.4) is 0 Å². The number of hydrogen-bond acceptors (Lipinski definition) is 3. The van der Waals surface area contributed by atoms with Gasteiger partial charge in [0.1, 0.15) is 0 Å². The van der Waals surface area contributed by atoms with Crippen LogP contribution in [0.1, 0.15) is 5.56 Å². The van der Waals surface area contributed by atoms with E-state index in [2.05, 4.69) is 46.1 Å². The first-order chi connectivity index (χ1) is 6.93. The first-order valence-electron chi connectivity index (χ1n) is 4.50. The molecular formula is C11H9NS2. The van der Waals surface area contributed by atoms with Gasteiger partial charge >= 0.3 is 0 Å². The third-order valence-electron chi connectivity index (χ3n) is 2.26. The van der Waals surface area contributed by atoms with E-state index in [0.29, 0.717) is 0 Å². The molecule has 1 aliphatic heterocycles. The number of fused-ring (bicyclic) bond motifs is 1. The van der Waals surface area contributed by atoms with E-state index in [1.807, 2.05) is 23.3 Å². The predicted molar refractivity (Wildman–Crippen MR) is 62.8 cm³/mol. The zero-order chi connectivity index (χ0) is 9.38. The summed E-state index contributed by atoms with van der Waals surface area (Å²) in [5, 5.41) is 2.17. The van der Waals surface area contributed by atoms with E-state index in [0.717, 1.165) is 6.54 Å². The lowest BCUT2D eigenvalue weighted by atomic mass is 10.3. The van der Waals surface area contributed by atoms with Gasteiger partial charge in [-0.1, -0.05) is 18.2 Å². The van der Waals surface area contributed by atoms with Crippen molar-refractivity contribution in [2.24, 2.45) is 0 Å². The van der Waals surface area contributed by atoms with Crippen molar-refractivity contribution in [1.29, 1.82) is 0 Å². The Bertz CT molecular complexity index is 415. The average Bonchev–Trinajstić information content (AvgIpc) is 2.78. The van der Waals surface area contributed by atoms with Crippen LogP contribution in [0, 0.1) is 0 Å². The molecule has 0 saturated heterocycles. The molecule has 3 rings (SSSR count). The van der Waals surface area contributed by atoms with Crippen molar-refractivity contribution in [2.45, 2.75) is 10.8 Å². The van der Waals surface area contributed by atoms with E-state index in [4.69, 9.17) is 0 Å². The lowest BCUT2D eigenvalue weighted by Crippen LogP contribution is -2.06. The summed E-state index contributed by atoms with van der Waals surface area (Å²) >= 11 is 3.68. The number of rotatable bonds is 1. The Morgan fingerprint density at radius 1 is 1.07 bits per heavy atom. The summed E-state index contributed by atoms with van der Waals surface area (Å²) in [7, 11) is 0. The van der Waals surface area contributed by atoms with Crippen molar-refractivity contribution in [3.63, 3.8) is 0 Å².